The zero-order valence-corrected chi connectivity index (χ0v) is 26.7. The highest BCUT2D eigenvalue weighted by atomic mass is 35.5. The van der Waals surface area contributed by atoms with Gasteiger partial charge in [0.05, 0.1) is 34.3 Å². The van der Waals surface area contributed by atoms with E-state index < -0.39 is 16.1 Å². The van der Waals surface area contributed by atoms with Crippen LogP contribution in [0.25, 0.3) is 0 Å². The number of halogens is 2. The lowest BCUT2D eigenvalue weighted by Gasteiger charge is -2.47. The molecular formula is C28H46Cl2N2O2Si2. The fraction of sp³-hybridized carbons (Fsp3) is 0.714. The Morgan fingerprint density at radius 1 is 1.00 bits per heavy atom. The summed E-state index contributed by atoms with van der Waals surface area (Å²) in [5, 5.41) is 22.8. The fourth-order valence-corrected chi connectivity index (χ4v) is 10.6. The summed E-state index contributed by atoms with van der Waals surface area (Å²) >= 11 is 12.6. The van der Waals surface area contributed by atoms with Gasteiger partial charge in [-0.2, -0.15) is 0 Å². The zero-order valence-electron chi connectivity index (χ0n) is 23.2. The van der Waals surface area contributed by atoms with Crippen LogP contribution in [0, 0.1) is 5.92 Å². The number of phenolic OH excluding ortho intramolecular Hbond substituents is 1. The summed E-state index contributed by atoms with van der Waals surface area (Å²) in [5.41, 5.74) is 3.14. The lowest BCUT2D eigenvalue weighted by atomic mass is 9.82. The van der Waals surface area contributed by atoms with Crippen molar-refractivity contribution in [2.45, 2.75) is 108 Å². The number of alkyl halides is 2. The van der Waals surface area contributed by atoms with Crippen molar-refractivity contribution in [2.24, 2.45) is 15.9 Å². The lowest BCUT2D eigenvalue weighted by Crippen LogP contribution is -2.53. The number of benzene rings is 1. The Morgan fingerprint density at radius 3 is 2.14 bits per heavy atom. The Morgan fingerprint density at radius 2 is 1.61 bits per heavy atom. The van der Waals surface area contributed by atoms with Crippen molar-refractivity contribution in [3.63, 3.8) is 0 Å². The van der Waals surface area contributed by atoms with E-state index in [2.05, 4.69) is 65.3 Å². The SMILES string of the molecule is CC(C)(C)c1cc([Si](C)(C)CCl)cc(C=N[C@@H]2CCCC[C@H]2N=CC2C[C@@H](O)C2[Si](C)(C)CCl)c1O. The highest BCUT2D eigenvalue weighted by molar-refractivity contribution is 6.94. The molecule has 1 aromatic rings. The average Bonchev–Trinajstić information content (AvgIpc) is 2.80. The van der Waals surface area contributed by atoms with Crippen molar-refractivity contribution in [2.75, 3.05) is 11.0 Å². The van der Waals surface area contributed by atoms with E-state index in [4.69, 9.17) is 33.2 Å². The van der Waals surface area contributed by atoms with E-state index in [0.717, 1.165) is 43.2 Å². The number of rotatable bonds is 8. The summed E-state index contributed by atoms with van der Waals surface area (Å²) in [6.45, 7) is 15.5. The molecule has 0 spiro atoms. The molecule has 1 aromatic carbocycles. The third-order valence-corrected chi connectivity index (χ3v) is 18.2. The van der Waals surface area contributed by atoms with E-state index in [1.807, 2.05) is 6.21 Å². The molecule has 0 aliphatic heterocycles. The molecule has 0 amide bonds. The molecule has 2 saturated carbocycles. The highest BCUT2D eigenvalue weighted by Crippen LogP contribution is 2.46. The first kappa shape index (κ1) is 29.9. The van der Waals surface area contributed by atoms with Crippen LogP contribution in [0.15, 0.2) is 22.1 Å². The minimum Gasteiger partial charge on any atom is -0.507 e. The molecule has 2 aliphatic carbocycles. The smallest absolute Gasteiger partial charge is 0.128 e. The van der Waals surface area contributed by atoms with Gasteiger partial charge in [0.15, 0.2) is 0 Å². The van der Waals surface area contributed by atoms with Crippen LogP contribution in [-0.4, -0.2) is 68.0 Å². The monoisotopic (exact) mass is 568 g/mol. The Balaban J connectivity index is 1.86. The largest absolute Gasteiger partial charge is 0.507 e. The molecule has 2 N–H and O–H groups in total. The second-order valence-corrected chi connectivity index (χ2v) is 24.5. The van der Waals surface area contributed by atoms with E-state index in [1.54, 1.807) is 0 Å². The molecule has 0 radical (unpaired) electrons. The lowest BCUT2D eigenvalue weighted by molar-refractivity contribution is 0.0683. The van der Waals surface area contributed by atoms with Gasteiger partial charge < -0.3 is 10.2 Å². The number of aliphatic hydroxyl groups excluding tert-OH is 1. The number of nitrogens with zero attached hydrogens (tertiary/aromatic N) is 2. The Kier molecular flexibility index (Phi) is 9.63. The minimum atomic E-state index is -1.81. The minimum absolute atomic E-state index is 0.108. The van der Waals surface area contributed by atoms with Gasteiger partial charge in [-0.15, -0.1) is 23.2 Å². The molecule has 36 heavy (non-hydrogen) atoms. The van der Waals surface area contributed by atoms with Gasteiger partial charge in [0, 0.05) is 29.0 Å². The van der Waals surface area contributed by atoms with Gasteiger partial charge in [-0.25, -0.2) is 0 Å². The van der Waals surface area contributed by atoms with E-state index in [9.17, 15) is 10.2 Å². The topological polar surface area (TPSA) is 65.2 Å². The average molecular weight is 570 g/mol. The summed E-state index contributed by atoms with van der Waals surface area (Å²) in [7, 11) is -3.49. The summed E-state index contributed by atoms with van der Waals surface area (Å²) in [5.74, 6) is 0.648. The Hall–Kier alpha value is -0.666. The van der Waals surface area contributed by atoms with Crippen molar-refractivity contribution >= 4 is 57.0 Å². The third-order valence-electron chi connectivity index (χ3n) is 8.27. The summed E-state index contributed by atoms with van der Waals surface area (Å²) in [6, 6.07) is 4.51. The maximum atomic E-state index is 11.2. The van der Waals surface area contributed by atoms with E-state index in [-0.39, 0.29) is 29.1 Å². The number of aliphatic imine (C=N–C) groups is 2. The predicted molar refractivity (Wildman–Crippen MR) is 163 cm³/mol. The van der Waals surface area contributed by atoms with Crippen molar-refractivity contribution in [1.82, 2.24) is 0 Å². The fourth-order valence-electron chi connectivity index (χ4n) is 5.64. The molecule has 0 bridgehead atoms. The summed E-state index contributed by atoms with van der Waals surface area (Å²) in [6.07, 6.45) is 8.89. The molecule has 2 unspecified atom stereocenters. The third kappa shape index (κ3) is 6.66. The Bertz CT molecular complexity index is 975. The predicted octanol–water partition coefficient (Wildman–Crippen LogP) is 6.42. The number of phenols is 1. The summed E-state index contributed by atoms with van der Waals surface area (Å²) < 4.78 is 0. The van der Waals surface area contributed by atoms with Crippen molar-refractivity contribution in [3.8, 4) is 5.75 Å². The van der Waals surface area contributed by atoms with Gasteiger partial charge in [-0.1, -0.05) is 77.1 Å². The standard InChI is InChI=1S/C28H46Cl2N2O2Si2/c1-28(2,3)22-14-21(35(4,5)17-29)12-19(26(22)34)15-31-23-10-8-9-11-24(23)32-16-20-13-25(33)27(20)36(6,7)18-30/h12,14-16,20,23-25,27,33-34H,8-11,13,17-18H2,1-7H3/t20?,23-,24-,25-,27?/m1/s1. The molecule has 0 aromatic heterocycles. The van der Waals surface area contributed by atoms with Crippen LogP contribution in [0.3, 0.4) is 0 Å². The molecule has 4 nitrogen and oxygen atoms in total. The molecule has 202 valence electrons. The van der Waals surface area contributed by atoms with Crippen LogP contribution in [-0.2, 0) is 5.41 Å². The van der Waals surface area contributed by atoms with Crippen LogP contribution >= 0.6 is 23.2 Å². The first-order chi connectivity index (χ1) is 16.7. The van der Waals surface area contributed by atoms with E-state index in [1.165, 1.54) is 5.19 Å². The number of aliphatic hydroxyl groups is 1. The van der Waals surface area contributed by atoms with Crippen molar-refractivity contribution < 1.29 is 10.2 Å². The maximum Gasteiger partial charge on any atom is 0.128 e. The molecule has 8 heteroatoms. The highest BCUT2D eigenvalue weighted by Gasteiger charge is 2.48. The maximum absolute atomic E-state index is 11.2. The molecule has 2 fully saturated rings. The normalized spacial score (nSPS) is 28.1. The first-order valence-corrected chi connectivity index (χ1v) is 21.0. The van der Waals surface area contributed by atoms with Crippen LogP contribution in [0.2, 0.25) is 31.7 Å². The van der Waals surface area contributed by atoms with Gasteiger partial charge in [0.1, 0.15) is 5.75 Å². The van der Waals surface area contributed by atoms with Crippen LogP contribution in [0.1, 0.15) is 64.0 Å². The quantitative estimate of drug-likeness (QED) is 0.216. The van der Waals surface area contributed by atoms with Crippen LogP contribution < -0.4 is 5.19 Å². The van der Waals surface area contributed by atoms with Crippen LogP contribution in [0.4, 0.5) is 0 Å². The van der Waals surface area contributed by atoms with Gasteiger partial charge >= 0.3 is 0 Å². The van der Waals surface area contributed by atoms with Gasteiger partial charge in [-0.05, 0) is 41.7 Å². The van der Waals surface area contributed by atoms with Gasteiger partial charge in [0.25, 0.3) is 0 Å². The number of hydrogen-bond donors (Lipinski definition) is 2. The molecule has 0 saturated heterocycles. The van der Waals surface area contributed by atoms with Gasteiger partial charge in [0.2, 0.25) is 0 Å². The summed E-state index contributed by atoms with van der Waals surface area (Å²) in [4.78, 5) is 10.0. The van der Waals surface area contributed by atoms with Crippen molar-refractivity contribution in [3.05, 3.63) is 23.3 Å². The zero-order chi connectivity index (χ0) is 26.9. The molecule has 5 atom stereocenters. The molecule has 3 rings (SSSR count). The first-order valence-electron chi connectivity index (χ1n) is 13.5. The second kappa shape index (κ2) is 11.6. The number of hydrogen-bond acceptors (Lipinski definition) is 4. The number of aromatic hydroxyl groups is 1. The van der Waals surface area contributed by atoms with E-state index in [0.29, 0.717) is 22.7 Å². The van der Waals surface area contributed by atoms with Gasteiger partial charge in [-0.3, -0.25) is 9.98 Å². The Labute approximate surface area is 230 Å². The molecular weight excluding hydrogens is 523 g/mol. The molecule has 2 aliphatic rings. The van der Waals surface area contributed by atoms with Crippen molar-refractivity contribution in [1.29, 1.82) is 0 Å². The van der Waals surface area contributed by atoms with E-state index >= 15 is 0 Å². The second-order valence-electron chi connectivity index (χ2n) is 13.3. The van der Waals surface area contributed by atoms with Crippen LogP contribution in [0.5, 0.6) is 5.75 Å². The molecule has 0 heterocycles.